The second-order valence-corrected chi connectivity index (χ2v) is 4.68. The Bertz CT molecular complexity index is 372. The maximum absolute atomic E-state index is 11.9. The van der Waals surface area contributed by atoms with Gasteiger partial charge >= 0.3 is 0 Å². The van der Waals surface area contributed by atoms with Crippen LogP contribution in [-0.4, -0.2) is 23.5 Å². The summed E-state index contributed by atoms with van der Waals surface area (Å²) in [6.45, 7) is 3.63. The topological polar surface area (TPSA) is 54.0 Å². The van der Waals surface area contributed by atoms with E-state index in [0.29, 0.717) is 12.5 Å². The number of nitrogens with one attached hydrogen (secondary N) is 2. The Kier molecular flexibility index (Phi) is 6.09. The molecule has 1 aliphatic rings. The molecular weight excluding hydrogens is 250 g/mol. The number of nitrogens with zero attached hydrogens (tertiary/aromatic N) is 1. The van der Waals surface area contributed by atoms with Crippen molar-refractivity contribution >= 4 is 18.3 Å². The number of pyridine rings is 1. The predicted octanol–water partition coefficient (Wildman–Crippen LogP) is 1.51. The number of hydrogen-bond acceptors (Lipinski definition) is 3. The molecule has 2 rings (SSSR count). The Morgan fingerprint density at radius 3 is 3.06 bits per heavy atom. The molecule has 2 heterocycles. The van der Waals surface area contributed by atoms with Crippen molar-refractivity contribution in [1.29, 1.82) is 0 Å². The summed E-state index contributed by atoms with van der Waals surface area (Å²) in [6, 6.07) is 5.67. The van der Waals surface area contributed by atoms with Crippen molar-refractivity contribution in [2.45, 2.75) is 32.4 Å². The molecule has 1 aromatic heterocycles. The molecular formula is C13H20ClN3O. The lowest BCUT2D eigenvalue weighted by molar-refractivity contribution is -0.124. The highest BCUT2D eigenvalue weighted by Crippen LogP contribution is 2.14. The van der Waals surface area contributed by atoms with Crippen LogP contribution in [0.4, 0.5) is 0 Å². The fraction of sp³-hybridized carbons (Fsp3) is 0.538. The van der Waals surface area contributed by atoms with Gasteiger partial charge in [-0.3, -0.25) is 9.78 Å². The predicted molar refractivity (Wildman–Crippen MR) is 73.5 cm³/mol. The van der Waals surface area contributed by atoms with Gasteiger partial charge in [-0.2, -0.15) is 0 Å². The lowest BCUT2D eigenvalue weighted by Gasteiger charge is -2.27. The Morgan fingerprint density at radius 2 is 2.39 bits per heavy atom. The highest BCUT2D eigenvalue weighted by molar-refractivity contribution is 5.85. The van der Waals surface area contributed by atoms with E-state index < -0.39 is 0 Å². The molecule has 1 saturated heterocycles. The fourth-order valence-corrected chi connectivity index (χ4v) is 2.11. The van der Waals surface area contributed by atoms with Gasteiger partial charge in [0.25, 0.3) is 0 Å². The van der Waals surface area contributed by atoms with Crippen LogP contribution in [0.1, 0.15) is 25.5 Å². The number of rotatable bonds is 3. The average Bonchev–Trinajstić information content (AvgIpc) is 2.37. The van der Waals surface area contributed by atoms with Gasteiger partial charge in [-0.25, -0.2) is 0 Å². The van der Waals surface area contributed by atoms with Crippen molar-refractivity contribution < 1.29 is 4.79 Å². The van der Waals surface area contributed by atoms with Gasteiger partial charge in [-0.1, -0.05) is 13.0 Å². The molecule has 1 amide bonds. The zero-order chi connectivity index (χ0) is 12.1. The standard InChI is InChI=1S/C13H19N3O.ClH/c1-10-5-7-15-12(8-10)13(17)16-9-11-4-2-3-6-14-11;/h2-4,6,10,12,15H,5,7-9H2,1H3,(H,16,17);1H. The first-order valence-electron chi connectivity index (χ1n) is 6.16. The summed E-state index contributed by atoms with van der Waals surface area (Å²) in [5.41, 5.74) is 0.893. The maximum atomic E-state index is 11.9. The van der Waals surface area contributed by atoms with Crippen LogP contribution in [0.3, 0.4) is 0 Å². The zero-order valence-electron chi connectivity index (χ0n) is 10.6. The summed E-state index contributed by atoms with van der Waals surface area (Å²) < 4.78 is 0. The van der Waals surface area contributed by atoms with Crippen molar-refractivity contribution in [3.05, 3.63) is 30.1 Å². The number of halogens is 1. The minimum atomic E-state index is -0.0394. The quantitative estimate of drug-likeness (QED) is 0.875. The van der Waals surface area contributed by atoms with E-state index in [0.717, 1.165) is 25.1 Å². The van der Waals surface area contributed by atoms with E-state index in [4.69, 9.17) is 0 Å². The highest BCUT2D eigenvalue weighted by atomic mass is 35.5. The summed E-state index contributed by atoms with van der Waals surface area (Å²) in [7, 11) is 0. The molecule has 0 radical (unpaired) electrons. The normalized spacial score (nSPS) is 22.9. The molecule has 2 atom stereocenters. The molecule has 0 saturated carbocycles. The van der Waals surface area contributed by atoms with Crippen LogP contribution in [0.15, 0.2) is 24.4 Å². The zero-order valence-corrected chi connectivity index (χ0v) is 11.4. The van der Waals surface area contributed by atoms with Crippen LogP contribution in [0.5, 0.6) is 0 Å². The molecule has 0 spiro atoms. The third kappa shape index (κ3) is 4.27. The number of carbonyl (C=O) groups excluding carboxylic acids is 1. The van der Waals surface area contributed by atoms with Gasteiger partial charge in [0, 0.05) is 6.20 Å². The SMILES string of the molecule is CC1CCNC(C(=O)NCc2ccccn2)C1.Cl. The Morgan fingerprint density at radius 1 is 1.56 bits per heavy atom. The number of piperidine rings is 1. The number of amides is 1. The molecule has 0 bridgehead atoms. The second-order valence-electron chi connectivity index (χ2n) is 4.68. The van der Waals surface area contributed by atoms with E-state index in [1.807, 2.05) is 18.2 Å². The van der Waals surface area contributed by atoms with E-state index in [-0.39, 0.29) is 24.4 Å². The summed E-state index contributed by atoms with van der Waals surface area (Å²) in [5.74, 6) is 0.712. The third-order valence-electron chi connectivity index (χ3n) is 3.15. The summed E-state index contributed by atoms with van der Waals surface area (Å²) in [6.07, 6.45) is 3.82. The number of hydrogen-bond donors (Lipinski definition) is 2. The summed E-state index contributed by atoms with van der Waals surface area (Å²) >= 11 is 0. The van der Waals surface area contributed by atoms with Gasteiger partial charge in [0.05, 0.1) is 18.3 Å². The van der Waals surface area contributed by atoms with Gasteiger partial charge in [0.2, 0.25) is 5.91 Å². The van der Waals surface area contributed by atoms with E-state index in [9.17, 15) is 4.79 Å². The smallest absolute Gasteiger partial charge is 0.237 e. The van der Waals surface area contributed by atoms with E-state index >= 15 is 0 Å². The molecule has 0 aromatic carbocycles. The van der Waals surface area contributed by atoms with Crippen LogP contribution in [-0.2, 0) is 11.3 Å². The van der Waals surface area contributed by atoms with Crippen LogP contribution in [0.25, 0.3) is 0 Å². The van der Waals surface area contributed by atoms with E-state index in [2.05, 4.69) is 22.5 Å². The molecule has 1 aromatic rings. The van der Waals surface area contributed by atoms with Crippen LogP contribution in [0, 0.1) is 5.92 Å². The first-order chi connectivity index (χ1) is 8.25. The molecule has 4 nitrogen and oxygen atoms in total. The van der Waals surface area contributed by atoms with Crippen molar-refractivity contribution in [3.8, 4) is 0 Å². The van der Waals surface area contributed by atoms with Crippen molar-refractivity contribution in [2.24, 2.45) is 5.92 Å². The van der Waals surface area contributed by atoms with Crippen LogP contribution in [0.2, 0.25) is 0 Å². The second kappa shape index (κ2) is 7.34. The van der Waals surface area contributed by atoms with Crippen LogP contribution < -0.4 is 10.6 Å². The fourth-order valence-electron chi connectivity index (χ4n) is 2.11. The Labute approximate surface area is 114 Å². The van der Waals surface area contributed by atoms with Gasteiger partial charge < -0.3 is 10.6 Å². The van der Waals surface area contributed by atoms with Crippen molar-refractivity contribution in [3.63, 3.8) is 0 Å². The lowest BCUT2D eigenvalue weighted by Crippen LogP contribution is -2.48. The molecule has 5 heteroatoms. The summed E-state index contributed by atoms with van der Waals surface area (Å²) in [4.78, 5) is 16.1. The minimum absolute atomic E-state index is 0. The number of aromatic nitrogens is 1. The molecule has 2 N–H and O–H groups in total. The van der Waals surface area contributed by atoms with Crippen molar-refractivity contribution in [2.75, 3.05) is 6.54 Å². The largest absolute Gasteiger partial charge is 0.349 e. The van der Waals surface area contributed by atoms with Gasteiger partial charge in [-0.05, 0) is 37.4 Å². The summed E-state index contributed by atoms with van der Waals surface area (Å²) in [5, 5.41) is 6.18. The monoisotopic (exact) mass is 269 g/mol. The third-order valence-corrected chi connectivity index (χ3v) is 3.15. The van der Waals surface area contributed by atoms with Gasteiger partial charge in [0.1, 0.15) is 0 Å². The minimum Gasteiger partial charge on any atom is -0.349 e. The molecule has 18 heavy (non-hydrogen) atoms. The first-order valence-corrected chi connectivity index (χ1v) is 6.16. The first kappa shape index (κ1) is 14.9. The average molecular weight is 270 g/mol. The van der Waals surface area contributed by atoms with Crippen molar-refractivity contribution in [1.82, 2.24) is 15.6 Å². The van der Waals surface area contributed by atoms with Gasteiger partial charge in [0.15, 0.2) is 0 Å². The van der Waals surface area contributed by atoms with Gasteiger partial charge in [-0.15, -0.1) is 12.4 Å². The molecule has 1 fully saturated rings. The van der Waals surface area contributed by atoms with Crippen LogP contribution >= 0.6 is 12.4 Å². The molecule has 100 valence electrons. The molecule has 1 aliphatic heterocycles. The maximum Gasteiger partial charge on any atom is 0.237 e. The molecule has 0 aliphatic carbocycles. The number of carbonyl (C=O) groups is 1. The van der Waals surface area contributed by atoms with E-state index in [1.54, 1.807) is 6.20 Å². The Hall–Kier alpha value is -1.13. The highest BCUT2D eigenvalue weighted by Gasteiger charge is 2.23. The molecule has 2 unspecified atom stereocenters. The van der Waals surface area contributed by atoms with E-state index in [1.165, 1.54) is 0 Å². The lowest BCUT2D eigenvalue weighted by atomic mass is 9.94. The Balaban J connectivity index is 0.00000162.